The molecule has 0 aromatic heterocycles. The summed E-state index contributed by atoms with van der Waals surface area (Å²) in [6.07, 6.45) is 7.61. The van der Waals surface area contributed by atoms with Gasteiger partial charge >= 0.3 is 0 Å². The lowest BCUT2D eigenvalue weighted by Crippen LogP contribution is -2.65. The minimum Gasteiger partial charge on any atom is -0.347 e. The number of carbonyl (C=O) groups is 1. The fraction of sp³-hybridized carbons (Fsp3) is 0.650. The first-order valence-corrected chi connectivity index (χ1v) is 8.68. The zero-order valence-corrected chi connectivity index (χ0v) is 14.0. The van der Waals surface area contributed by atoms with E-state index in [1.165, 1.54) is 44.1 Å². The molecule has 2 nitrogen and oxygen atoms in total. The van der Waals surface area contributed by atoms with Gasteiger partial charge in [-0.15, -0.1) is 0 Å². The summed E-state index contributed by atoms with van der Waals surface area (Å²) in [4.78, 5) is 12.7. The SMILES string of the molecule is Cc1ccc(C(=O)NC23CC4CC(C)(CC(C)(C4)C2)C3)cc1. The quantitative estimate of drug-likeness (QED) is 0.857. The average molecular weight is 297 g/mol. The van der Waals surface area contributed by atoms with Crippen LogP contribution < -0.4 is 5.32 Å². The second-order valence-electron chi connectivity index (χ2n) is 9.23. The van der Waals surface area contributed by atoms with Crippen molar-refractivity contribution in [3.8, 4) is 0 Å². The van der Waals surface area contributed by atoms with Crippen molar-refractivity contribution in [1.29, 1.82) is 0 Å². The van der Waals surface area contributed by atoms with Crippen LogP contribution in [0.3, 0.4) is 0 Å². The Balaban J connectivity index is 1.60. The van der Waals surface area contributed by atoms with Crippen LogP contribution in [0.15, 0.2) is 24.3 Å². The summed E-state index contributed by atoms with van der Waals surface area (Å²) in [7, 11) is 0. The minimum atomic E-state index is 0.0465. The van der Waals surface area contributed by atoms with Gasteiger partial charge in [-0.05, 0) is 74.3 Å². The molecule has 0 heterocycles. The monoisotopic (exact) mass is 297 g/mol. The van der Waals surface area contributed by atoms with E-state index in [1.807, 2.05) is 24.3 Å². The van der Waals surface area contributed by atoms with Gasteiger partial charge < -0.3 is 5.32 Å². The van der Waals surface area contributed by atoms with Crippen LogP contribution in [0.1, 0.15) is 68.3 Å². The number of carbonyl (C=O) groups excluding carboxylic acids is 1. The smallest absolute Gasteiger partial charge is 0.251 e. The maximum atomic E-state index is 12.7. The van der Waals surface area contributed by atoms with Gasteiger partial charge in [-0.2, -0.15) is 0 Å². The molecule has 2 atom stereocenters. The zero-order valence-electron chi connectivity index (χ0n) is 14.0. The second kappa shape index (κ2) is 4.37. The first-order chi connectivity index (χ1) is 10.3. The predicted molar refractivity (Wildman–Crippen MR) is 88.8 cm³/mol. The summed E-state index contributed by atoms with van der Waals surface area (Å²) in [5.41, 5.74) is 2.93. The molecule has 0 saturated heterocycles. The molecule has 4 aliphatic rings. The predicted octanol–water partition coefficient (Wildman–Crippen LogP) is 4.47. The van der Waals surface area contributed by atoms with Gasteiger partial charge in [0.25, 0.3) is 5.91 Å². The molecule has 5 rings (SSSR count). The highest BCUT2D eigenvalue weighted by atomic mass is 16.1. The van der Waals surface area contributed by atoms with E-state index in [2.05, 4.69) is 26.1 Å². The van der Waals surface area contributed by atoms with Gasteiger partial charge in [0.05, 0.1) is 0 Å². The van der Waals surface area contributed by atoms with Crippen molar-refractivity contribution in [1.82, 2.24) is 5.32 Å². The number of hydrogen-bond donors (Lipinski definition) is 1. The van der Waals surface area contributed by atoms with Crippen LogP contribution in [0.25, 0.3) is 0 Å². The molecule has 4 bridgehead atoms. The van der Waals surface area contributed by atoms with E-state index < -0.39 is 0 Å². The molecule has 0 aliphatic heterocycles. The second-order valence-corrected chi connectivity index (χ2v) is 9.23. The molecule has 1 N–H and O–H groups in total. The average Bonchev–Trinajstić information content (AvgIpc) is 2.34. The maximum Gasteiger partial charge on any atom is 0.251 e. The molecule has 4 aliphatic carbocycles. The lowest BCUT2D eigenvalue weighted by molar-refractivity contribution is -0.114. The number of aryl methyl sites for hydroxylation is 1. The number of rotatable bonds is 2. The molecule has 0 radical (unpaired) electrons. The maximum absolute atomic E-state index is 12.7. The van der Waals surface area contributed by atoms with E-state index in [-0.39, 0.29) is 11.4 Å². The fourth-order valence-corrected chi connectivity index (χ4v) is 6.61. The largest absolute Gasteiger partial charge is 0.347 e. The Morgan fingerprint density at radius 3 is 2.14 bits per heavy atom. The molecule has 118 valence electrons. The van der Waals surface area contributed by atoms with Crippen LogP contribution in [0.4, 0.5) is 0 Å². The van der Waals surface area contributed by atoms with Gasteiger partial charge in [0.2, 0.25) is 0 Å². The normalized spacial score (nSPS) is 42.4. The van der Waals surface area contributed by atoms with Crippen molar-refractivity contribution in [2.24, 2.45) is 16.7 Å². The Morgan fingerprint density at radius 2 is 1.59 bits per heavy atom. The van der Waals surface area contributed by atoms with Crippen LogP contribution in [0.5, 0.6) is 0 Å². The summed E-state index contributed by atoms with van der Waals surface area (Å²) >= 11 is 0. The molecule has 4 saturated carbocycles. The number of nitrogens with one attached hydrogen (secondary N) is 1. The molecule has 0 spiro atoms. The fourth-order valence-electron chi connectivity index (χ4n) is 6.61. The van der Waals surface area contributed by atoms with E-state index in [9.17, 15) is 4.79 Å². The third-order valence-corrected chi connectivity index (χ3v) is 6.32. The topological polar surface area (TPSA) is 29.1 Å². The Hall–Kier alpha value is -1.31. The van der Waals surface area contributed by atoms with Crippen LogP contribution in [-0.4, -0.2) is 11.4 Å². The lowest BCUT2D eigenvalue weighted by atomic mass is 9.43. The van der Waals surface area contributed by atoms with Gasteiger partial charge in [0, 0.05) is 11.1 Å². The van der Waals surface area contributed by atoms with Crippen LogP contribution in [-0.2, 0) is 0 Å². The Morgan fingerprint density at radius 1 is 1.00 bits per heavy atom. The van der Waals surface area contributed by atoms with E-state index in [0.29, 0.717) is 10.8 Å². The van der Waals surface area contributed by atoms with Crippen LogP contribution in [0, 0.1) is 23.7 Å². The standard InChI is InChI=1S/C20H27NO/c1-14-4-6-16(7-5-14)17(22)21-20-10-15-8-18(2,12-20)11-19(3,9-15)13-20/h4-7,15H,8-13H2,1-3H3,(H,21,22). The highest BCUT2D eigenvalue weighted by Crippen LogP contribution is 2.66. The number of hydrogen-bond acceptors (Lipinski definition) is 1. The highest BCUT2D eigenvalue weighted by molar-refractivity contribution is 5.94. The molecule has 1 aromatic carbocycles. The van der Waals surface area contributed by atoms with Crippen molar-refractivity contribution in [2.45, 2.75) is 64.8 Å². The van der Waals surface area contributed by atoms with Crippen LogP contribution >= 0.6 is 0 Å². The van der Waals surface area contributed by atoms with Crippen molar-refractivity contribution in [2.75, 3.05) is 0 Å². The van der Waals surface area contributed by atoms with E-state index in [4.69, 9.17) is 0 Å². The molecule has 22 heavy (non-hydrogen) atoms. The summed E-state index contributed by atoms with van der Waals surface area (Å²) in [5.74, 6) is 0.929. The lowest BCUT2D eigenvalue weighted by Gasteiger charge is -2.65. The Kier molecular flexibility index (Phi) is 2.84. The number of amides is 1. The highest BCUT2D eigenvalue weighted by Gasteiger charge is 2.60. The molecule has 4 fully saturated rings. The molecule has 1 aromatic rings. The Labute approximate surface area is 133 Å². The van der Waals surface area contributed by atoms with Gasteiger partial charge in [-0.3, -0.25) is 4.79 Å². The van der Waals surface area contributed by atoms with Crippen molar-refractivity contribution < 1.29 is 4.79 Å². The molecular weight excluding hydrogens is 270 g/mol. The first-order valence-electron chi connectivity index (χ1n) is 8.68. The van der Waals surface area contributed by atoms with Gasteiger partial charge in [-0.1, -0.05) is 31.5 Å². The minimum absolute atomic E-state index is 0.0465. The first kappa shape index (κ1) is 14.3. The van der Waals surface area contributed by atoms with Gasteiger partial charge in [-0.25, -0.2) is 0 Å². The van der Waals surface area contributed by atoms with Crippen molar-refractivity contribution in [3.05, 3.63) is 35.4 Å². The van der Waals surface area contributed by atoms with Crippen molar-refractivity contribution in [3.63, 3.8) is 0 Å². The summed E-state index contributed by atoms with van der Waals surface area (Å²) in [6.45, 7) is 6.95. The third-order valence-electron chi connectivity index (χ3n) is 6.32. The van der Waals surface area contributed by atoms with E-state index in [0.717, 1.165) is 11.5 Å². The van der Waals surface area contributed by atoms with E-state index in [1.54, 1.807) is 0 Å². The summed E-state index contributed by atoms with van der Waals surface area (Å²) in [6, 6.07) is 7.96. The molecule has 2 heteroatoms. The molecule has 1 amide bonds. The van der Waals surface area contributed by atoms with Crippen molar-refractivity contribution >= 4 is 5.91 Å². The molecule has 2 unspecified atom stereocenters. The van der Waals surface area contributed by atoms with Gasteiger partial charge in [0.15, 0.2) is 0 Å². The zero-order chi connectivity index (χ0) is 15.6. The number of benzene rings is 1. The van der Waals surface area contributed by atoms with Crippen LogP contribution in [0.2, 0.25) is 0 Å². The Bertz CT molecular complexity index is 599. The summed E-state index contributed by atoms with van der Waals surface area (Å²) in [5, 5.41) is 3.47. The summed E-state index contributed by atoms with van der Waals surface area (Å²) < 4.78 is 0. The van der Waals surface area contributed by atoms with E-state index >= 15 is 0 Å². The third kappa shape index (κ3) is 2.28. The van der Waals surface area contributed by atoms with Gasteiger partial charge in [0.1, 0.15) is 0 Å². The molecular formula is C20H27NO.